The van der Waals surface area contributed by atoms with Gasteiger partial charge in [-0.3, -0.25) is 0 Å². The average molecular weight is 353 g/mol. The molecule has 0 heterocycles. The normalized spacial score (nSPS) is 15.7. The monoisotopic (exact) mass is 352 g/mol. The molecule has 0 aromatic rings. The van der Waals surface area contributed by atoms with Gasteiger partial charge in [-0.2, -0.15) is 0 Å². The summed E-state index contributed by atoms with van der Waals surface area (Å²) in [5, 5.41) is 0. The van der Waals surface area contributed by atoms with Gasteiger partial charge in [-0.25, -0.2) is 0 Å². The molecule has 3 atom stereocenters. The molecule has 0 aromatic heterocycles. The molecule has 0 radical (unpaired) electrons. The first-order valence-electron chi connectivity index (χ1n) is 11.8. The Kier molecular flexibility index (Phi) is 16.2. The van der Waals surface area contributed by atoms with E-state index in [0.717, 1.165) is 29.6 Å². The van der Waals surface area contributed by atoms with Gasteiger partial charge >= 0.3 is 0 Å². The minimum Gasteiger partial charge on any atom is -0.0628 e. The van der Waals surface area contributed by atoms with Gasteiger partial charge in [-0.15, -0.1) is 0 Å². The third-order valence-corrected chi connectivity index (χ3v) is 5.99. The van der Waals surface area contributed by atoms with E-state index in [-0.39, 0.29) is 0 Å². The van der Waals surface area contributed by atoms with Gasteiger partial charge in [0, 0.05) is 0 Å². The zero-order valence-corrected chi connectivity index (χ0v) is 19.1. The molecular weight excluding hydrogens is 300 g/mol. The van der Waals surface area contributed by atoms with Crippen molar-refractivity contribution >= 4 is 0 Å². The molecule has 0 aliphatic heterocycles. The summed E-state index contributed by atoms with van der Waals surface area (Å²) in [4.78, 5) is 0. The van der Waals surface area contributed by atoms with Crippen molar-refractivity contribution in [3.05, 3.63) is 0 Å². The van der Waals surface area contributed by atoms with Crippen LogP contribution in [0.5, 0.6) is 0 Å². The van der Waals surface area contributed by atoms with Crippen LogP contribution in [0.3, 0.4) is 0 Å². The lowest BCUT2D eigenvalue weighted by Gasteiger charge is -2.16. The predicted octanol–water partition coefficient (Wildman–Crippen LogP) is 9.28. The van der Waals surface area contributed by atoms with Crippen molar-refractivity contribution in [1.82, 2.24) is 0 Å². The molecule has 0 spiro atoms. The topological polar surface area (TPSA) is 0 Å². The number of hydrogen-bond acceptors (Lipinski definition) is 0. The quantitative estimate of drug-likeness (QED) is 0.229. The van der Waals surface area contributed by atoms with Gasteiger partial charge in [0.05, 0.1) is 0 Å². The Bertz CT molecular complexity index is 265. The fraction of sp³-hybridized carbons (Fsp3) is 1.00. The molecule has 0 nitrogen and oxygen atoms in total. The van der Waals surface area contributed by atoms with Crippen LogP contribution >= 0.6 is 0 Å². The number of unbranched alkanes of at least 4 members (excludes halogenated alkanes) is 1. The highest BCUT2D eigenvalue weighted by Gasteiger charge is 2.07. The number of rotatable bonds is 17. The first-order valence-corrected chi connectivity index (χ1v) is 11.8. The summed E-state index contributed by atoms with van der Waals surface area (Å²) in [5.74, 6) is 4.59. The molecule has 0 unspecified atom stereocenters. The fourth-order valence-electron chi connectivity index (χ4n) is 3.98. The molecule has 152 valence electrons. The van der Waals surface area contributed by atoms with Crippen molar-refractivity contribution in [2.24, 2.45) is 29.6 Å². The molecule has 0 saturated heterocycles. The van der Waals surface area contributed by atoms with Crippen LogP contribution in [0.2, 0.25) is 0 Å². The van der Waals surface area contributed by atoms with E-state index in [4.69, 9.17) is 0 Å². The van der Waals surface area contributed by atoms with Crippen molar-refractivity contribution in [2.45, 2.75) is 132 Å². The highest BCUT2D eigenvalue weighted by Crippen LogP contribution is 2.23. The van der Waals surface area contributed by atoms with Gasteiger partial charge in [0.25, 0.3) is 0 Å². The molecule has 0 heteroatoms. The third kappa shape index (κ3) is 18.6. The van der Waals surface area contributed by atoms with Crippen molar-refractivity contribution in [2.75, 3.05) is 0 Å². The minimum absolute atomic E-state index is 0.880. The summed E-state index contributed by atoms with van der Waals surface area (Å²) in [6.45, 7) is 16.8. The summed E-state index contributed by atoms with van der Waals surface area (Å²) in [5.41, 5.74) is 0. The van der Waals surface area contributed by atoms with Crippen molar-refractivity contribution in [1.29, 1.82) is 0 Å². The Morgan fingerprint density at radius 3 is 0.840 bits per heavy atom. The summed E-state index contributed by atoms with van der Waals surface area (Å²) in [6, 6.07) is 0. The van der Waals surface area contributed by atoms with E-state index in [2.05, 4.69) is 48.5 Å². The first-order chi connectivity index (χ1) is 11.8. The highest BCUT2D eigenvalue weighted by molar-refractivity contribution is 4.61. The van der Waals surface area contributed by atoms with Gasteiger partial charge in [-0.05, 0) is 29.6 Å². The van der Waals surface area contributed by atoms with Gasteiger partial charge in [0.2, 0.25) is 0 Å². The Morgan fingerprint density at radius 2 is 0.560 bits per heavy atom. The van der Waals surface area contributed by atoms with Crippen LogP contribution in [-0.4, -0.2) is 0 Å². The van der Waals surface area contributed by atoms with E-state index in [1.165, 1.54) is 83.5 Å². The van der Waals surface area contributed by atoms with Crippen LogP contribution in [-0.2, 0) is 0 Å². The molecule has 0 rings (SSSR count). The lowest BCUT2D eigenvalue weighted by Crippen LogP contribution is -2.01. The fourth-order valence-corrected chi connectivity index (χ4v) is 3.98. The molecule has 25 heavy (non-hydrogen) atoms. The summed E-state index contributed by atoms with van der Waals surface area (Å²) >= 11 is 0. The predicted molar refractivity (Wildman–Crippen MR) is 117 cm³/mol. The second-order valence-corrected chi connectivity index (χ2v) is 10.2. The van der Waals surface area contributed by atoms with E-state index < -0.39 is 0 Å². The zero-order chi connectivity index (χ0) is 19.1. The number of hydrogen-bond donors (Lipinski definition) is 0. The van der Waals surface area contributed by atoms with Crippen LogP contribution in [0, 0.1) is 29.6 Å². The molecule has 0 saturated carbocycles. The summed E-state index contributed by atoms with van der Waals surface area (Å²) < 4.78 is 0. The van der Waals surface area contributed by atoms with E-state index in [0.29, 0.717) is 0 Å². The summed E-state index contributed by atoms with van der Waals surface area (Å²) in [6.07, 6.45) is 18.8. The molecule has 0 fully saturated rings. The molecular formula is C25H52. The minimum atomic E-state index is 0.880. The third-order valence-electron chi connectivity index (χ3n) is 5.99. The maximum Gasteiger partial charge on any atom is -0.0443 e. The van der Waals surface area contributed by atoms with Gasteiger partial charge in [-0.1, -0.05) is 132 Å². The molecule has 0 aromatic carbocycles. The maximum absolute atomic E-state index is 2.48. The van der Waals surface area contributed by atoms with Crippen LogP contribution in [0.25, 0.3) is 0 Å². The average Bonchev–Trinajstić information content (AvgIpc) is 2.51. The zero-order valence-electron chi connectivity index (χ0n) is 19.1. The lowest BCUT2D eigenvalue weighted by molar-refractivity contribution is 0.375. The van der Waals surface area contributed by atoms with Gasteiger partial charge in [0.15, 0.2) is 0 Å². The Labute approximate surface area is 161 Å². The standard InChI is InChI=1S/C25H52/c1-21(2)13-10-17-23(5)15-8-9-16-24(6)19-12-20-25(7)18-11-14-22(3)4/h21-25H,8-20H2,1-7H3/t23-,24+,25+/m0/s1. The molecule has 0 bridgehead atoms. The highest BCUT2D eigenvalue weighted by atomic mass is 14.1. The second kappa shape index (κ2) is 16.2. The Balaban J connectivity index is 3.47. The largest absolute Gasteiger partial charge is 0.0628 e. The smallest absolute Gasteiger partial charge is 0.0443 e. The van der Waals surface area contributed by atoms with Gasteiger partial charge in [0.1, 0.15) is 0 Å². The lowest BCUT2D eigenvalue weighted by atomic mass is 9.90. The molecule has 0 N–H and O–H groups in total. The van der Waals surface area contributed by atoms with Crippen LogP contribution in [0.4, 0.5) is 0 Å². The Hall–Kier alpha value is 0. The van der Waals surface area contributed by atoms with Crippen LogP contribution in [0.15, 0.2) is 0 Å². The molecule has 0 aliphatic carbocycles. The van der Waals surface area contributed by atoms with Crippen molar-refractivity contribution in [3.63, 3.8) is 0 Å². The van der Waals surface area contributed by atoms with Crippen LogP contribution in [0.1, 0.15) is 132 Å². The molecule has 0 amide bonds. The van der Waals surface area contributed by atoms with Crippen molar-refractivity contribution < 1.29 is 0 Å². The Morgan fingerprint density at radius 1 is 0.320 bits per heavy atom. The van der Waals surface area contributed by atoms with Crippen molar-refractivity contribution in [3.8, 4) is 0 Å². The van der Waals surface area contributed by atoms with E-state index >= 15 is 0 Å². The van der Waals surface area contributed by atoms with E-state index in [1.807, 2.05) is 0 Å². The second-order valence-electron chi connectivity index (χ2n) is 10.2. The van der Waals surface area contributed by atoms with Gasteiger partial charge < -0.3 is 0 Å². The van der Waals surface area contributed by atoms with E-state index in [9.17, 15) is 0 Å². The van der Waals surface area contributed by atoms with Crippen LogP contribution < -0.4 is 0 Å². The first kappa shape index (κ1) is 25.0. The summed E-state index contributed by atoms with van der Waals surface area (Å²) in [7, 11) is 0. The molecule has 0 aliphatic rings. The van der Waals surface area contributed by atoms with E-state index in [1.54, 1.807) is 0 Å². The SMILES string of the molecule is CC(C)CCC[C@@H](C)CCC[C@H](C)CCCC[C@H](C)CCCC(C)C. The maximum atomic E-state index is 2.48.